The van der Waals surface area contributed by atoms with Crippen molar-refractivity contribution in [3.63, 3.8) is 0 Å². The first-order chi connectivity index (χ1) is 18.9. The van der Waals surface area contributed by atoms with Gasteiger partial charge in [0.15, 0.2) is 0 Å². The van der Waals surface area contributed by atoms with Crippen molar-refractivity contribution in [3.8, 4) is 0 Å². The Labute approximate surface area is 224 Å². The summed E-state index contributed by atoms with van der Waals surface area (Å²) in [6.45, 7) is 3.21. The fourth-order valence-electron chi connectivity index (χ4n) is 6.08. The van der Waals surface area contributed by atoms with E-state index in [0.29, 0.717) is 37.1 Å². The number of hydrogen-bond acceptors (Lipinski definition) is 7. The largest absolute Gasteiger partial charge is 0.422 e. The molecule has 6 rings (SSSR count). The van der Waals surface area contributed by atoms with Crippen molar-refractivity contribution in [1.29, 1.82) is 0 Å². The van der Waals surface area contributed by atoms with Crippen molar-refractivity contribution in [2.24, 2.45) is 0 Å². The number of halogens is 1. The van der Waals surface area contributed by atoms with Crippen LogP contribution < -0.4 is 20.7 Å². The molecular weight excluding hydrogens is 503 g/mol. The molecule has 3 aromatic rings. The number of carbonyl (C=O) groups is 2. The number of nitrogens with zero attached hydrogens (tertiary/aromatic N) is 3. The van der Waals surface area contributed by atoms with Gasteiger partial charge < -0.3 is 29.5 Å². The van der Waals surface area contributed by atoms with Crippen LogP contribution in [0.5, 0.6) is 0 Å². The summed E-state index contributed by atoms with van der Waals surface area (Å²) in [5, 5.41) is 13.2. The number of amides is 2. The number of nitrogens with one attached hydrogen (secondary N) is 1. The fraction of sp³-hybridized carbons (Fsp3) is 0.414. The highest BCUT2D eigenvalue weighted by molar-refractivity contribution is 6.00. The molecule has 10 heteroatoms. The highest BCUT2D eigenvalue weighted by Gasteiger charge is 2.31. The highest BCUT2D eigenvalue weighted by Crippen LogP contribution is 2.39. The molecule has 0 spiro atoms. The van der Waals surface area contributed by atoms with Gasteiger partial charge in [0.25, 0.3) is 5.91 Å². The van der Waals surface area contributed by atoms with Crippen LogP contribution in [0.15, 0.2) is 45.6 Å². The molecule has 0 radical (unpaired) electrons. The molecule has 0 saturated carbocycles. The zero-order valence-corrected chi connectivity index (χ0v) is 21.6. The second kappa shape index (κ2) is 10.3. The molecule has 0 aliphatic carbocycles. The van der Waals surface area contributed by atoms with E-state index in [0.717, 1.165) is 50.0 Å². The summed E-state index contributed by atoms with van der Waals surface area (Å²) in [5.74, 6) is -1.49. The Hall–Kier alpha value is -3.92. The summed E-state index contributed by atoms with van der Waals surface area (Å²) >= 11 is 0. The number of fused-ring (bicyclic) bond motifs is 2. The third-order valence-electron chi connectivity index (χ3n) is 8.03. The van der Waals surface area contributed by atoms with Crippen molar-refractivity contribution in [1.82, 2.24) is 10.2 Å². The van der Waals surface area contributed by atoms with Crippen molar-refractivity contribution >= 4 is 34.2 Å². The Kier molecular flexibility index (Phi) is 6.72. The van der Waals surface area contributed by atoms with Crippen LogP contribution in [-0.2, 0) is 17.6 Å². The summed E-state index contributed by atoms with van der Waals surface area (Å²) < 4.78 is 18.9. The third kappa shape index (κ3) is 4.73. The Morgan fingerprint density at radius 3 is 2.41 bits per heavy atom. The first kappa shape index (κ1) is 25.4. The van der Waals surface area contributed by atoms with Gasteiger partial charge in [0.05, 0.1) is 6.61 Å². The Bertz CT molecular complexity index is 1480. The molecule has 1 atom stereocenters. The van der Waals surface area contributed by atoms with Gasteiger partial charge in [0, 0.05) is 61.6 Å². The molecule has 1 fully saturated rings. The summed E-state index contributed by atoms with van der Waals surface area (Å²) in [7, 11) is 0. The van der Waals surface area contributed by atoms with Crippen LogP contribution in [0.3, 0.4) is 0 Å². The molecule has 204 valence electrons. The second-order valence-corrected chi connectivity index (χ2v) is 10.4. The van der Waals surface area contributed by atoms with Crippen LogP contribution >= 0.6 is 0 Å². The second-order valence-electron chi connectivity index (χ2n) is 10.4. The van der Waals surface area contributed by atoms with Crippen molar-refractivity contribution < 1.29 is 23.5 Å². The number of piperazine rings is 1. The Morgan fingerprint density at radius 1 is 0.974 bits per heavy atom. The molecule has 1 unspecified atom stereocenters. The molecule has 4 heterocycles. The van der Waals surface area contributed by atoms with Crippen LogP contribution in [0, 0.1) is 5.82 Å². The van der Waals surface area contributed by atoms with Crippen LogP contribution in [0.2, 0.25) is 0 Å². The van der Waals surface area contributed by atoms with Gasteiger partial charge in [0.2, 0.25) is 5.91 Å². The highest BCUT2D eigenvalue weighted by atomic mass is 19.1. The van der Waals surface area contributed by atoms with Crippen LogP contribution in [0.4, 0.5) is 15.8 Å². The number of hydrogen-bond donors (Lipinski definition) is 2. The van der Waals surface area contributed by atoms with E-state index >= 15 is 0 Å². The van der Waals surface area contributed by atoms with E-state index in [1.54, 1.807) is 23.1 Å². The zero-order valence-electron chi connectivity index (χ0n) is 21.6. The van der Waals surface area contributed by atoms with Crippen LogP contribution in [0.1, 0.15) is 34.3 Å². The van der Waals surface area contributed by atoms with Crippen molar-refractivity contribution in [3.05, 3.63) is 69.3 Å². The number of aliphatic hydroxyl groups excluding tert-OH is 1. The number of benzene rings is 2. The zero-order chi connectivity index (χ0) is 27.1. The van der Waals surface area contributed by atoms with E-state index in [-0.39, 0.29) is 11.4 Å². The predicted octanol–water partition coefficient (Wildman–Crippen LogP) is 2.07. The average molecular weight is 535 g/mol. The molecule has 39 heavy (non-hydrogen) atoms. The monoisotopic (exact) mass is 534 g/mol. The van der Waals surface area contributed by atoms with Crippen LogP contribution in [0.25, 0.3) is 11.0 Å². The first-order valence-corrected chi connectivity index (χ1v) is 13.5. The summed E-state index contributed by atoms with van der Waals surface area (Å²) in [5.41, 5.74) is 3.84. The normalized spacial score (nSPS) is 17.6. The van der Waals surface area contributed by atoms with Gasteiger partial charge in [-0.15, -0.1) is 0 Å². The molecule has 2 N–H and O–H groups in total. The lowest BCUT2D eigenvalue weighted by Gasteiger charge is -2.37. The Morgan fingerprint density at radius 2 is 1.69 bits per heavy atom. The molecule has 2 aromatic carbocycles. The topological polar surface area (TPSA) is 106 Å². The van der Waals surface area contributed by atoms with E-state index < -0.39 is 30.1 Å². The summed E-state index contributed by atoms with van der Waals surface area (Å²) in [6.07, 6.45) is 3.79. The summed E-state index contributed by atoms with van der Waals surface area (Å²) in [4.78, 5) is 45.2. The minimum atomic E-state index is -1.19. The quantitative estimate of drug-likeness (QED) is 0.483. The lowest BCUT2D eigenvalue weighted by Crippen LogP contribution is -2.56. The smallest absolute Gasteiger partial charge is 0.349 e. The van der Waals surface area contributed by atoms with E-state index in [1.165, 1.54) is 23.4 Å². The van der Waals surface area contributed by atoms with Gasteiger partial charge in [-0.1, -0.05) is 0 Å². The van der Waals surface area contributed by atoms with Crippen molar-refractivity contribution in [2.75, 3.05) is 55.7 Å². The maximum absolute atomic E-state index is 13.2. The molecule has 2 amide bonds. The molecule has 9 nitrogen and oxygen atoms in total. The van der Waals surface area contributed by atoms with Gasteiger partial charge in [-0.2, -0.15) is 0 Å². The van der Waals surface area contributed by atoms with Gasteiger partial charge in [-0.05, 0) is 67.6 Å². The maximum Gasteiger partial charge on any atom is 0.349 e. The molecule has 1 aromatic heterocycles. The SMILES string of the molecule is O=C(NC(CO)C(=O)N1CCN(c2ccc(F)cc2)CC1)c1cc2cc3c4c(c2oc1=O)CCCN4CCC3. The number of carbonyl (C=O) groups excluding carboxylic acids is 2. The lowest BCUT2D eigenvalue weighted by atomic mass is 9.90. The fourth-order valence-corrected chi connectivity index (χ4v) is 6.08. The van der Waals surface area contributed by atoms with Gasteiger partial charge in [-0.25, -0.2) is 9.18 Å². The van der Waals surface area contributed by atoms with Crippen LogP contribution in [-0.4, -0.2) is 73.7 Å². The standard InChI is InChI=1S/C29H31FN4O5/c30-20-5-7-21(8-6-20)32-11-13-34(14-12-32)28(37)24(17-35)31-27(36)23-16-19-15-18-3-1-9-33-10-2-4-22(25(18)33)26(19)39-29(23)38/h5-8,15-16,24,35H,1-4,9-14,17H2,(H,31,36). The number of anilines is 2. The van der Waals surface area contributed by atoms with Gasteiger partial charge in [-0.3, -0.25) is 9.59 Å². The predicted molar refractivity (Wildman–Crippen MR) is 145 cm³/mol. The van der Waals surface area contributed by atoms with Gasteiger partial charge in [0.1, 0.15) is 23.0 Å². The number of aliphatic hydroxyl groups is 1. The van der Waals surface area contributed by atoms with Gasteiger partial charge >= 0.3 is 5.63 Å². The van der Waals surface area contributed by atoms with Crippen molar-refractivity contribution in [2.45, 2.75) is 31.7 Å². The molecule has 3 aliphatic rings. The first-order valence-electron chi connectivity index (χ1n) is 13.5. The average Bonchev–Trinajstić information content (AvgIpc) is 2.96. The van der Waals surface area contributed by atoms with E-state index in [4.69, 9.17) is 4.42 Å². The summed E-state index contributed by atoms with van der Waals surface area (Å²) in [6, 6.07) is 8.53. The molecular formula is C29H31FN4O5. The minimum Gasteiger partial charge on any atom is -0.422 e. The molecule has 0 bridgehead atoms. The Balaban J connectivity index is 1.18. The van der Waals surface area contributed by atoms with E-state index in [2.05, 4.69) is 10.2 Å². The lowest BCUT2D eigenvalue weighted by molar-refractivity contribution is -0.134. The number of rotatable bonds is 5. The van der Waals surface area contributed by atoms with E-state index in [1.807, 2.05) is 11.0 Å². The third-order valence-corrected chi connectivity index (χ3v) is 8.03. The maximum atomic E-state index is 13.2. The van der Waals surface area contributed by atoms with E-state index in [9.17, 15) is 23.9 Å². The minimum absolute atomic E-state index is 0.189. The molecule has 1 saturated heterocycles. The molecule has 3 aliphatic heterocycles. The number of aryl methyl sites for hydroxylation is 2.